The molecule has 3 nitrogen and oxygen atoms in total. The minimum absolute atomic E-state index is 0.00637. The molecule has 0 heterocycles. The quantitative estimate of drug-likeness (QED) is 0.909. The van der Waals surface area contributed by atoms with Crippen LogP contribution in [0.15, 0.2) is 28.7 Å². The number of rotatable bonds is 4. The number of aliphatic hydroxyl groups is 1. The summed E-state index contributed by atoms with van der Waals surface area (Å²) in [6.07, 6.45) is 0. The van der Waals surface area contributed by atoms with Gasteiger partial charge in [0.25, 0.3) is 5.91 Å². The molecule has 0 unspecified atom stereocenters. The number of amides is 1. The maximum absolute atomic E-state index is 11.9. The third-order valence-corrected chi connectivity index (χ3v) is 2.60. The van der Waals surface area contributed by atoms with Gasteiger partial charge in [-0.2, -0.15) is 0 Å². The van der Waals surface area contributed by atoms with Gasteiger partial charge in [0, 0.05) is 23.1 Å². The van der Waals surface area contributed by atoms with Gasteiger partial charge in [-0.3, -0.25) is 4.79 Å². The first kappa shape index (κ1) is 12.2. The lowest BCUT2D eigenvalue weighted by atomic mass is 10.2. The maximum atomic E-state index is 11.9. The van der Waals surface area contributed by atoms with Crippen molar-refractivity contribution >= 4 is 21.8 Å². The third-order valence-electron chi connectivity index (χ3n) is 2.11. The SMILES string of the molecule is CCN(CCO)C(=O)c1cccc(Br)c1. The molecule has 1 aromatic rings. The zero-order valence-electron chi connectivity index (χ0n) is 8.61. The Kier molecular flexibility index (Phi) is 4.78. The van der Waals surface area contributed by atoms with Crippen LogP contribution in [0.2, 0.25) is 0 Å². The first-order valence-electron chi connectivity index (χ1n) is 4.84. The molecule has 0 saturated heterocycles. The Morgan fingerprint density at radius 1 is 1.53 bits per heavy atom. The van der Waals surface area contributed by atoms with Gasteiger partial charge < -0.3 is 10.0 Å². The Morgan fingerprint density at radius 2 is 2.27 bits per heavy atom. The van der Waals surface area contributed by atoms with E-state index in [1.54, 1.807) is 17.0 Å². The molecule has 0 aromatic heterocycles. The van der Waals surface area contributed by atoms with E-state index in [0.717, 1.165) is 4.47 Å². The second kappa shape index (κ2) is 5.88. The summed E-state index contributed by atoms with van der Waals surface area (Å²) in [5.41, 5.74) is 0.639. The van der Waals surface area contributed by atoms with Gasteiger partial charge in [-0.1, -0.05) is 22.0 Å². The summed E-state index contributed by atoms with van der Waals surface area (Å²) < 4.78 is 0.883. The van der Waals surface area contributed by atoms with Gasteiger partial charge in [-0.05, 0) is 25.1 Å². The molecule has 82 valence electrons. The van der Waals surface area contributed by atoms with Gasteiger partial charge >= 0.3 is 0 Å². The van der Waals surface area contributed by atoms with E-state index in [2.05, 4.69) is 15.9 Å². The second-order valence-corrected chi connectivity index (χ2v) is 4.03. The fourth-order valence-corrected chi connectivity index (χ4v) is 1.73. The van der Waals surface area contributed by atoms with E-state index in [4.69, 9.17) is 5.11 Å². The predicted octanol–water partition coefficient (Wildman–Crippen LogP) is 1.90. The average molecular weight is 272 g/mol. The van der Waals surface area contributed by atoms with Crippen molar-refractivity contribution in [3.63, 3.8) is 0 Å². The number of aliphatic hydroxyl groups excluding tert-OH is 1. The van der Waals surface area contributed by atoms with Crippen LogP contribution >= 0.6 is 15.9 Å². The number of carbonyl (C=O) groups is 1. The highest BCUT2D eigenvalue weighted by Crippen LogP contribution is 2.13. The minimum Gasteiger partial charge on any atom is -0.395 e. The summed E-state index contributed by atoms with van der Waals surface area (Å²) in [5.74, 6) is -0.0483. The zero-order valence-corrected chi connectivity index (χ0v) is 10.2. The second-order valence-electron chi connectivity index (χ2n) is 3.12. The molecule has 0 aliphatic heterocycles. The van der Waals surface area contributed by atoms with E-state index >= 15 is 0 Å². The molecule has 4 heteroatoms. The molecule has 1 rings (SSSR count). The van der Waals surface area contributed by atoms with Crippen LogP contribution in [0.4, 0.5) is 0 Å². The van der Waals surface area contributed by atoms with E-state index in [1.807, 2.05) is 19.1 Å². The average Bonchev–Trinajstić information content (AvgIpc) is 2.25. The molecule has 15 heavy (non-hydrogen) atoms. The minimum atomic E-state index is -0.0483. The van der Waals surface area contributed by atoms with E-state index in [1.165, 1.54) is 0 Å². The van der Waals surface area contributed by atoms with Crippen molar-refractivity contribution in [1.29, 1.82) is 0 Å². The molecule has 0 aliphatic carbocycles. The third kappa shape index (κ3) is 3.32. The van der Waals surface area contributed by atoms with Crippen molar-refractivity contribution < 1.29 is 9.90 Å². The summed E-state index contributed by atoms with van der Waals surface area (Å²) in [6, 6.07) is 7.25. The molecule has 0 radical (unpaired) electrons. The topological polar surface area (TPSA) is 40.5 Å². The van der Waals surface area contributed by atoms with Gasteiger partial charge in [0.2, 0.25) is 0 Å². The fraction of sp³-hybridized carbons (Fsp3) is 0.364. The zero-order chi connectivity index (χ0) is 11.3. The summed E-state index contributed by atoms with van der Waals surface area (Å²) in [7, 11) is 0. The molecule has 1 N–H and O–H groups in total. The van der Waals surface area contributed by atoms with Crippen molar-refractivity contribution in [2.45, 2.75) is 6.92 Å². The number of halogens is 1. The number of nitrogens with zero attached hydrogens (tertiary/aromatic N) is 1. The first-order chi connectivity index (χ1) is 7.19. The van der Waals surface area contributed by atoms with E-state index in [-0.39, 0.29) is 12.5 Å². The van der Waals surface area contributed by atoms with E-state index in [0.29, 0.717) is 18.7 Å². The highest BCUT2D eigenvalue weighted by atomic mass is 79.9. The summed E-state index contributed by atoms with van der Waals surface area (Å²) in [5, 5.41) is 8.82. The molecular weight excluding hydrogens is 258 g/mol. The van der Waals surface area contributed by atoms with E-state index in [9.17, 15) is 4.79 Å². The number of benzene rings is 1. The van der Waals surface area contributed by atoms with Crippen LogP contribution in [0, 0.1) is 0 Å². The predicted molar refractivity (Wildman–Crippen MR) is 62.8 cm³/mol. The Balaban J connectivity index is 2.82. The van der Waals surface area contributed by atoms with Crippen LogP contribution in [0.3, 0.4) is 0 Å². The monoisotopic (exact) mass is 271 g/mol. The standard InChI is InChI=1S/C11H14BrNO2/c1-2-13(6-7-14)11(15)9-4-3-5-10(12)8-9/h3-5,8,14H,2,6-7H2,1H3. The molecule has 1 amide bonds. The molecule has 0 atom stereocenters. The summed E-state index contributed by atoms with van der Waals surface area (Å²) in [6.45, 7) is 2.87. The molecule has 1 aromatic carbocycles. The normalized spacial score (nSPS) is 10.1. The van der Waals surface area contributed by atoms with Gasteiger partial charge in [0.05, 0.1) is 6.61 Å². The fourth-order valence-electron chi connectivity index (χ4n) is 1.33. The lowest BCUT2D eigenvalue weighted by molar-refractivity contribution is 0.0732. The molecule has 0 bridgehead atoms. The van der Waals surface area contributed by atoms with Crippen LogP contribution in [-0.2, 0) is 0 Å². The molecule has 0 saturated carbocycles. The molecular formula is C11H14BrNO2. The summed E-state index contributed by atoms with van der Waals surface area (Å²) >= 11 is 3.32. The molecule has 0 spiro atoms. The lowest BCUT2D eigenvalue weighted by Crippen LogP contribution is -2.33. The molecule has 0 fully saturated rings. The van der Waals surface area contributed by atoms with Crippen LogP contribution in [-0.4, -0.2) is 35.6 Å². The van der Waals surface area contributed by atoms with E-state index < -0.39 is 0 Å². The molecule has 0 aliphatic rings. The van der Waals surface area contributed by atoms with Crippen molar-refractivity contribution in [3.05, 3.63) is 34.3 Å². The lowest BCUT2D eigenvalue weighted by Gasteiger charge is -2.19. The van der Waals surface area contributed by atoms with Gasteiger partial charge in [-0.15, -0.1) is 0 Å². The van der Waals surface area contributed by atoms with Gasteiger partial charge in [0.1, 0.15) is 0 Å². The highest BCUT2D eigenvalue weighted by molar-refractivity contribution is 9.10. The van der Waals surface area contributed by atoms with Gasteiger partial charge in [0.15, 0.2) is 0 Å². The number of hydrogen-bond acceptors (Lipinski definition) is 2. The van der Waals surface area contributed by atoms with Crippen LogP contribution in [0.1, 0.15) is 17.3 Å². The Labute approximate surface area is 97.8 Å². The summed E-state index contributed by atoms with van der Waals surface area (Å²) in [4.78, 5) is 13.5. The largest absolute Gasteiger partial charge is 0.395 e. The number of likely N-dealkylation sites (N-methyl/N-ethyl adjacent to an activating group) is 1. The van der Waals surface area contributed by atoms with Crippen LogP contribution < -0.4 is 0 Å². The van der Waals surface area contributed by atoms with Crippen molar-refractivity contribution in [1.82, 2.24) is 4.90 Å². The van der Waals surface area contributed by atoms with Gasteiger partial charge in [-0.25, -0.2) is 0 Å². The number of carbonyl (C=O) groups excluding carboxylic acids is 1. The van der Waals surface area contributed by atoms with Crippen molar-refractivity contribution in [2.24, 2.45) is 0 Å². The first-order valence-corrected chi connectivity index (χ1v) is 5.64. The van der Waals surface area contributed by atoms with Crippen LogP contribution in [0.5, 0.6) is 0 Å². The Morgan fingerprint density at radius 3 is 2.80 bits per heavy atom. The van der Waals surface area contributed by atoms with Crippen molar-refractivity contribution in [2.75, 3.05) is 19.7 Å². The smallest absolute Gasteiger partial charge is 0.253 e. The highest BCUT2D eigenvalue weighted by Gasteiger charge is 2.13. The Bertz CT molecular complexity index is 341. The maximum Gasteiger partial charge on any atom is 0.253 e. The number of hydrogen-bond donors (Lipinski definition) is 1. The Hall–Kier alpha value is -0.870. The van der Waals surface area contributed by atoms with Crippen LogP contribution in [0.25, 0.3) is 0 Å². The van der Waals surface area contributed by atoms with Crippen molar-refractivity contribution in [3.8, 4) is 0 Å².